The van der Waals surface area contributed by atoms with Gasteiger partial charge in [0.1, 0.15) is 17.5 Å². The van der Waals surface area contributed by atoms with Crippen LogP contribution in [0.15, 0.2) is 53.3 Å². The van der Waals surface area contributed by atoms with Crippen LogP contribution in [-0.4, -0.2) is 40.1 Å². The number of nitrogens with zero attached hydrogens (tertiary/aromatic N) is 3. The molecule has 3 heterocycles. The Kier molecular flexibility index (Phi) is 3.86. The number of pyridine rings is 1. The predicted molar refractivity (Wildman–Crippen MR) is 87.6 cm³/mol. The smallest absolute Gasteiger partial charge is 0.228 e. The summed E-state index contributed by atoms with van der Waals surface area (Å²) in [6.45, 7) is 1.29. The summed E-state index contributed by atoms with van der Waals surface area (Å²) >= 11 is 0. The molecular formula is C18H17N3O3. The molecule has 1 atom stereocenters. The summed E-state index contributed by atoms with van der Waals surface area (Å²) in [7, 11) is 0. The standard InChI is InChI=1S/C18H17N3O3/c22-18(11-16-15-3-1-2-4-17(15)24-20-16)21-10-7-14(12-21)23-13-5-8-19-9-6-13/h1-6,8-9,14H,7,10-12H2/t14-/m1/s1. The quantitative estimate of drug-likeness (QED) is 0.737. The summed E-state index contributed by atoms with van der Waals surface area (Å²) in [5, 5.41) is 4.93. The molecule has 1 aliphatic heterocycles. The van der Waals surface area contributed by atoms with Crippen molar-refractivity contribution in [2.24, 2.45) is 0 Å². The highest BCUT2D eigenvalue weighted by Gasteiger charge is 2.28. The van der Waals surface area contributed by atoms with E-state index in [0.29, 0.717) is 24.4 Å². The fourth-order valence-corrected chi connectivity index (χ4v) is 2.98. The Morgan fingerprint density at radius 2 is 2.08 bits per heavy atom. The van der Waals surface area contributed by atoms with Crippen molar-refractivity contribution in [3.63, 3.8) is 0 Å². The van der Waals surface area contributed by atoms with E-state index in [2.05, 4.69) is 10.1 Å². The van der Waals surface area contributed by atoms with Gasteiger partial charge in [-0.15, -0.1) is 0 Å². The van der Waals surface area contributed by atoms with E-state index < -0.39 is 0 Å². The summed E-state index contributed by atoms with van der Waals surface area (Å²) in [6.07, 6.45) is 4.49. The van der Waals surface area contributed by atoms with Gasteiger partial charge in [-0.1, -0.05) is 17.3 Å². The molecule has 3 aromatic rings. The molecule has 4 rings (SSSR count). The molecule has 0 saturated carbocycles. The second-order valence-electron chi connectivity index (χ2n) is 5.85. The van der Waals surface area contributed by atoms with Crippen molar-refractivity contribution in [3.8, 4) is 5.75 Å². The zero-order chi connectivity index (χ0) is 16.4. The van der Waals surface area contributed by atoms with Gasteiger partial charge in [0.2, 0.25) is 5.91 Å². The van der Waals surface area contributed by atoms with Gasteiger partial charge in [-0.2, -0.15) is 0 Å². The molecule has 0 bridgehead atoms. The van der Waals surface area contributed by atoms with E-state index in [1.807, 2.05) is 41.3 Å². The molecular weight excluding hydrogens is 306 g/mol. The summed E-state index contributed by atoms with van der Waals surface area (Å²) in [4.78, 5) is 18.3. The number of hydrogen-bond donors (Lipinski definition) is 0. The topological polar surface area (TPSA) is 68.5 Å². The lowest BCUT2D eigenvalue weighted by molar-refractivity contribution is -0.129. The molecule has 0 radical (unpaired) electrons. The number of aromatic nitrogens is 2. The van der Waals surface area contributed by atoms with Crippen molar-refractivity contribution in [1.29, 1.82) is 0 Å². The molecule has 122 valence electrons. The van der Waals surface area contributed by atoms with Gasteiger partial charge in [0.15, 0.2) is 5.58 Å². The molecule has 1 amide bonds. The largest absolute Gasteiger partial charge is 0.488 e. The van der Waals surface area contributed by atoms with E-state index in [9.17, 15) is 4.79 Å². The molecule has 6 nitrogen and oxygen atoms in total. The van der Waals surface area contributed by atoms with Crippen molar-refractivity contribution < 1.29 is 14.1 Å². The van der Waals surface area contributed by atoms with Gasteiger partial charge in [0.05, 0.1) is 13.0 Å². The molecule has 1 aromatic carbocycles. The zero-order valence-electron chi connectivity index (χ0n) is 13.1. The Labute approximate surface area is 139 Å². The minimum Gasteiger partial charge on any atom is -0.488 e. The second kappa shape index (κ2) is 6.31. The van der Waals surface area contributed by atoms with Crippen LogP contribution >= 0.6 is 0 Å². The van der Waals surface area contributed by atoms with E-state index in [1.54, 1.807) is 12.4 Å². The maximum absolute atomic E-state index is 12.5. The third-order valence-corrected chi connectivity index (χ3v) is 4.22. The highest BCUT2D eigenvalue weighted by Crippen LogP contribution is 2.21. The molecule has 1 saturated heterocycles. The van der Waals surface area contributed by atoms with Crippen molar-refractivity contribution in [2.45, 2.75) is 18.9 Å². The van der Waals surface area contributed by atoms with Gasteiger partial charge in [0.25, 0.3) is 0 Å². The summed E-state index contributed by atoms with van der Waals surface area (Å²) in [6, 6.07) is 11.2. The lowest BCUT2D eigenvalue weighted by atomic mass is 10.1. The minimum absolute atomic E-state index is 0.0189. The van der Waals surface area contributed by atoms with Gasteiger partial charge in [-0.3, -0.25) is 9.78 Å². The first-order valence-corrected chi connectivity index (χ1v) is 7.97. The average molecular weight is 323 g/mol. The summed E-state index contributed by atoms with van der Waals surface area (Å²) in [5.74, 6) is 0.835. The van der Waals surface area contributed by atoms with Crippen LogP contribution in [0.3, 0.4) is 0 Å². The third kappa shape index (κ3) is 2.95. The van der Waals surface area contributed by atoms with Gasteiger partial charge in [-0.05, 0) is 24.3 Å². The highest BCUT2D eigenvalue weighted by molar-refractivity contribution is 5.86. The lowest BCUT2D eigenvalue weighted by Gasteiger charge is -2.16. The Bertz CT molecular complexity index is 847. The maximum Gasteiger partial charge on any atom is 0.228 e. The molecule has 0 aliphatic carbocycles. The van der Waals surface area contributed by atoms with Gasteiger partial charge < -0.3 is 14.2 Å². The minimum atomic E-state index is 0.0189. The summed E-state index contributed by atoms with van der Waals surface area (Å²) < 4.78 is 11.2. The lowest BCUT2D eigenvalue weighted by Crippen LogP contribution is -2.32. The normalized spacial score (nSPS) is 17.3. The molecule has 1 fully saturated rings. The van der Waals surface area contributed by atoms with Crippen molar-refractivity contribution in [1.82, 2.24) is 15.0 Å². The van der Waals surface area contributed by atoms with Gasteiger partial charge in [0, 0.05) is 30.7 Å². The molecule has 2 aromatic heterocycles. The SMILES string of the molecule is O=C(Cc1noc2ccccc12)N1CC[C@@H](Oc2ccncc2)C1. The molecule has 1 aliphatic rings. The van der Waals surface area contributed by atoms with E-state index in [0.717, 1.165) is 17.6 Å². The molecule has 0 N–H and O–H groups in total. The van der Waals surface area contributed by atoms with Crippen molar-refractivity contribution in [2.75, 3.05) is 13.1 Å². The van der Waals surface area contributed by atoms with Crippen LogP contribution < -0.4 is 4.74 Å². The van der Waals surface area contributed by atoms with Crippen LogP contribution in [0.2, 0.25) is 0 Å². The fourth-order valence-electron chi connectivity index (χ4n) is 2.98. The number of ether oxygens (including phenoxy) is 1. The Morgan fingerprint density at radius 3 is 2.96 bits per heavy atom. The van der Waals surface area contributed by atoms with E-state index in [1.165, 1.54) is 0 Å². The molecule has 24 heavy (non-hydrogen) atoms. The number of carbonyl (C=O) groups is 1. The van der Waals surface area contributed by atoms with Crippen LogP contribution in [0.1, 0.15) is 12.1 Å². The number of likely N-dealkylation sites (tertiary alicyclic amines) is 1. The van der Waals surface area contributed by atoms with Gasteiger partial charge >= 0.3 is 0 Å². The number of fused-ring (bicyclic) bond motifs is 1. The zero-order valence-corrected chi connectivity index (χ0v) is 13.1. The number of amides is 1. The Balaban J connectivity index is 1.39. The van der Waals surface area contributed by atoms with Crippen molar-refractivity contribution >= 4 is 16.9 Å². The fraction of sp³-hybridized carbons (Fsp3) is 0.278. The first kappa shape index (κ1) is 14.7. The van der Waals surface area contributed by atoms with E-state index >= 15 is 0 Å². The average Bonchev–Trinajstić information content (AvgIpc) is 3.24. The maximum atomic E-state index is 12.5. The third-order valence-electron chi connectivity index (χ3n) is 4.22. The number of benzene rings is 1. The monoisotopic (exact) mass is 323 g/mol. The molecule has 0 spiro atoms. The second-order valence-corrected chi connectivity index (χ2v) is 5.85. The first-order chi connectivity index (χ1) is 11.8. The van der Waals surface area contributed by atoms with Crippen LogP contribution in [0, 0.1) is 0 Å². The molecule has 0 unspecified atom stereocenters. The Morgan fingerprint density at radius 1 is 1.25 bits per heavy atom. The Hall–Kier alpha value is -2.89. The summed E-state index contributed by atoms with van der Waals surface area (Å²) in [5.41, 5.74) is 1.40. The molecule has 6 heteroatoms. The number of carbonyl (C=O) groups excluding carboxylic acids is 1. The predicted octanol–water partition coefficient (Wildman–Crippen LogP) is 2.45. The van der Waals surface area contributed by atoms with Crippen LogP contribution in [-0.2, 0) is 11.2 Å². The van der Waals surface area contributed by atoms with Crippen LogP contribution in [0.5, 0.6) is 5.75 Å². The number of hydrogen-bond acceptors (Lipinski definition) is 5. The number of para-hydroxylation sites is 1. The highest BCUT2D eigenvalue weighted by atomic mass is 16.5. The van der Waals surface area contributed by atoms with Crippen LogP contribution in [0.25, 0.3) is 11.0 Å². The van der Waals surface area contributed by atoms with E-state index in [4.69, 9.17) is 9.26 Å². The first-order valence-electron chi connectivity index (χ1n) is 7.97. The number of rotatable bonds is 4. The van der Waals surface area contributed by atoms with Crippen LogP contribution in [0.4, 0.5) is 0 Å². The van der Waals surface area contributed by atoms with E-state index in [-0.39, 0.29) is 18.4 Å². The van der Waals surface area contributed by atoms with Gasteiger partial charge in [-0.25, -0.2) is 0 Å². The van der Waals surface area contributed by atoms with Crippen molar-refractivity contribution in [3.05, 3.63) is 54.5 Å².